The molecule has 0 aliphatic heterocycles. The van der Waals surface area contributed by atoms with Crippen LogP contribution in [0.4, 0.5) is 21.5 Å². The van der Waals surface area contributed by atoms with E-state index in [1.165, 1.54) is 6.07 Å². The van der Waals surface area contributed by atoms with Crippen LogP contribution in [0.2, 0.25) is 0 Å². The molecule has 0 spiro atoms. The van der Waals surface area contributed by atoms with Gasteiger partial charge in [0, 0.05) is 22.3 Å². The molecule has 0 unspecified atom stereocenters. The van der Waals surface area contributed by atoms with Crippen molar-refractivity contribution in [2.75, 3.05) is 17.7 Å². The Morgan fingerprint density at radius 3 is 2.70 bits per heavy atom. The van der Waals surface area contributed by atoms with Crippen molar-refractivity contribution >= 4 is 33.0 Å². The first-order valence-electron chi connectivity index (χ1n) is 6.26. The molecule has 0 atom stereocenters. The zero-order valence-corrected chi connectivity index (χ0v) is 12.9. The van der Waals surface area contributed by atoms with Crippen LogP contribution < -0.4 is 15.8 Å². The Morgan fingerprint density at radius 1 is 1.25 bits per heavy atom. The summed E-state index contributed by atoms with van der Waals surface area (Å²) >= 11 is 3.42. The second-order valence-electron chi connectivity index (χ2n) is 4.39. The molecule has 3 N–H and O–H groups in total. The standard InChI is InChI=1S/C15H16BrFN2O/c1-3-20-15-8-14(12(18)7-11(15)17)19-13-6-10(16)5-4-9(13)2/h4-8,19H,3,18H2,1-2H3. The molecule has 3 nitrogen and oxygen atoms in total. The minimum atomic E-state index is -0.458. The lowest BCUT2D eigenvalue weighted by molar-refractivity contribution is 0.322. The molecule has 5 heteroatoms. The number of nitrogens with one attached hydrogen (secondary N) is 1. The number of halogens is 2. The molecule has 20 heavy (non-hydrogen) atoms. The van der Waals surface area contributed by atoms with Crippen LogP contribution in [0.15, 0.2) is 34.8 Å². The van der Waals surface area contributed by atoms with Gasteiger partial charge in [-0.3, -0.25) is 0 Å². The zero-order chi connectivity index (χ0) is 14.7. The van der Waals surface area contributed by atoms with E-state index in [1.54, 1.807) is 13.0 Å². The molecule has 106 valence electrons. The first-order chi connectivity index (χ1) is 9.51. The third-order valence-corrected chi connectivity index (χ3v) is 3.37. The number of rotatable bonds is 4. The normalized spacial score (nSPS) is 10.4. The van der Waals surface area contributed by atoms with Crippen molar-refractivity contribution in [3.8, 4) is 5.75 Å². The topological polar surface area (TPSA) is 47.3 Å². The summed E-state index contributed by atoms with van der Waals surface area (Å²) in [4.78, 5) is 0. The van der Waals surface area contributed by atoms with Crippen LogP contribution in [0.1, 0.15) is 12.5 Å². The van der Waals surface area contributed by atoms with Gasteiger partial charge in [0.25, 0.3) is 0 Å². The van der Waals surface area contributed by atoms with E-state index in [4.69, 9.17) is 10.5 Å². The third kappa shape index (κ3) is 3.22. The van der Waals surface area contributed by atoms with Gasteiger partial charge >= 0.3 is 0 Å². The number of benzene rings is 2. The van der Waals surface area contributed by atoms with Crippen molar-refractivity contribution in [1.82, 2.24) is 0 Å². The molecular weight excluding hydrogens is 323 g/mol. The lowest BCUT2D eigenvalue weighted by Gasteiger charge is -2.14. The number of hydrogen-bond acceptors (Lipinski definition) is 3. The van der Waals surface area contributed by atoms with Crippen LogP contribution in [-0.2, 0) is 0 Å². The monoisotopic (exact) mass is 338 g/mol. The van der Waals surface area contributed by atoms with E-state index in [1.807, 2.05) is 25.1 Å². The van der Waals surface area contributed by atoms with E-state index in [0.717, 1.165) is 15.7 Å². The molecule has 0 amide bonds. The van der Waals surface area contributed by atoms with Crippen LogP contribution >= 0.6 is 15.9 Å². The van der Waals surface area contributed by atoms with Gasteiger partial charge in [0.1, 0.15) is 0 Å². The summed E-state index contributed by atoms with van der Waals surface area (Å²) in [7, 11) is 0. The van der Waals surface area contributed by atoms with Crippen molar-refractivity contribution < 1.29 is 9.13 Å². The smallest absolute Gasteiger partial charge is 0.167 e. The second kappa shape index (κ2) is 6.13. The van der Waals surface area contributed by atoms with Crippen molar-refractivity contribution in [3.63, 3.8) is 0 Å². The summed E-state index contributed by atoms with van der Waals surface area (Å²) in [5.74, 6) is -0.266. The van der Waals surface area contributed by atoms with Gasteiger partial charge in [-0.2, -0.15) is 0 Å². The summed E-state index contributed by atoms with van der Waals surface area (Å²) in [6.45, 7) is 4.19. The first-order valence-corrected chi connectivity index (χ1v) is 7.05. The zero-order valence-electron chi connectivity index (χ0n) is 11.3. The van der Waals surface area contributed by atoms with Crippen LogP contribution in [0.3, 0.4) is 0 Å². The fourth-order valence-electron chi connectivity index (χ4n) is 1.82. The van der Waals surface area contributed by atoms with E-state index in [9.17, 15) is 4.39 Å². The highest BCUT2D eigenvalue weighted by atomic mass is 79.9. The Morgan fingerprint density at radius 2 is 2.00 bits per heavy atom. The average Bonchev–Trinajstić information content (AvgIpc) is 2.39. The van der Waals surface area contributed by atoms with E-state index in [0.29, 0.717) is 18.0 Å². The largest absolute Gasteiger partial charge is 0.491 e. The molecule has 2 rings (SSSR count). The number of hydrogen-bond donors (Lipinski definition) is 2. The number of anilines is 3. The Balaban J connectivity index is 2.37. The molecular formula is C15H16BrFN2O. The molecule has 0 fully saturated rings. The predicted octanol–water partition coefficient (Wildman–Crippen LogP) is 4.62. The lowest BCUT2D eigenvalue weighted by atomic mass is 10.2. The highest BCUT2D eigenvalue weighted by Gasteiger charge is 2.10. The van der Waals surface area contributed by atoms with Crippen molar-refractivity contribution in [3.05, 3.63) is 46.2 Å². The molecule has 0 saturated heterocycles. The molecule has 0 aliphatic carbocycles. The van der Waals surface area contributed by atoms with E-state index >= 15 is 0 Å². The Hall–Kier alpha value is -1.75. The van der Waals surface area contributed by atoms with Gasteiger partial charge in [-0.25, -0.2) is 4.39 Å². The minimum absolute atomic E-state index is 0.192. The van der Waals surface area contributed by atoms with Crippen LogP contribution in [-0.4, -0.2) is 6.61 Å². The number of nitrogen functional groups attached to an aromatic ring is 1. The van der Waals surface area contributed by atoms with Crippen LogP contribution in [0, 0.1) is 12.7 Å². The Labute approximate surface area is 126 Å². The van der Waals surface area contributed by atoms with Gasteiger partial charge in [-0.15, -0.1) is 0 Å². The maximum absolute atomic E-state index is 13.7. The quantitative estimate of drug-likeness (QED) is 0.799. The van der Waals surface area contributed by atoms with Crippen molar-refractivity contribution in [1.29, 1.82) is 0 Å². The molecule has 2 aromatic carbocycles. The van der Waals surface area contributed by atoms with Crippen molar-refractivity contribution in [2.24, 2.45) is 0 Å². The summed E-state index contributed by atoms with van der Waals surface area (Å²) in [5.41, 5.74) is 8.78. The van der Waals surface area contributed by atoms with E-state index < -0.39 is 5.82 Å². The summed E-state index contributed by atoms with van der Waals surface area (Å²) in [6, 6.07) is 8.73. The minimum Gasteiger partial charge on any atom is -0.491 e. The van der Waals surface area contributed by atoms with Gasteiger partial charge in [0.05, 0.1) is 18.0 Å². The highest BCUT2D eigenvalue weighted by Crippen LogP contribution is 2.32. The Bertz CT molecular complexity index is 632. The summed E-state index contributed by atoms with van der Waals surface area (Å²) in [6.07, 6.45) is 0. The number of aryl methyl sites for hydroxylation is 1. The maximum Gasteiger partial charge on any atom is 0.167 e. The second-order valence-corrected chi connectivity index (χ2v) is 5.30. The van der Waals surface area contributed by atoms with Crippen molar-refractivity contribution in [2.45, 2.75) is 13.8 Å². The molecule has 0 radical (unpaired) electrons. The number of nitrogens with two attached hydrogens (primary N) is 1. The third-order valence-electron chi connectivity index (χ3n) is 2.87. The predicted molar refractivity (Wildman–Crippen MR) is 84.1 cm³/mol. The maximum atomic E-state index is 13.7. The van der Waals surface area contributed by atoms with E-state index in [2.05, 4.69) is 21.2 Å². The molecule has 0 bridgehead atoms. The Kier molecular flexibility index (Phi) is 4.49. The fraction of sp³-hybridized carbons (Fsp3) is 0.200. The molecule has 2 aromatic rings. The summed E-state index contributed by atoms with van der Waals surface area (Å²) in [5, 5.41) is 3.21. The average molecular weight is 339 g/mol. The lowest BCUT2D eigenvalue weighted by Crippen LogP contribution is -2.02. The highest BCUT2D eigenvalue weighted by molar-refractivity contribution is 9.10. The fourth-order valence-corrected chi connectivity index (χ4v) is 2.18. The van der Waals surface area contributed by atoms with Gasteiger partial charge in [0.2, 0.25) is 0 Å². The first kappa shape index (κ1) is 14.7. The molecule has 0 heterocycles. The SMILES string of the molecule is CCOc1cc(Nc2cc(Br)ccc2C)c(N)cc1F. The van der Waals surface area contributed by atoms with Crippen LogP contribution in [0.25, 0.3) is 0 Å². The van der Waals surface area contributed by atoms with Gasteiger partial charge in [-0.1, -0.05) is 22.0 Å². The molecule has 0 aromatic heterocycles. The number of ether oxygens (including phenoxy) is 1. The molecule has 0 aliphatic rings. The van der Waals surface area contributed by atoms with Gasteiger partial charge < -0.3 is 15.8 Å². The van der Waals surface area contributed by atoms with Crippen LogP contribution in [0.5, 0.6) is 5.75 Å². The summed E-state index contributed by atoms with van der Waals surface area (Å²) < 4.78 is 19.9. The van der Waals surface area contributed by atoms with Gasteiger partial charge in [-0.05, 0) is 31.5 Å². The van der Waals surface area contributed by atoms with Gasteiger partial charge in [0.15, 0.2) is 11.6 Å². The molecule has 0 saturated carbocycles. The van der Waals surface area contributed by atoms with E-state index in [-0.39, 0.29) is 5.75 Å².